The quantitative estimate of drug-likeness (QED) is 0.105. The number of carbonyl (C=O) groups is 4. The molecule has 238 valence electrons. The molecule has 44 heavy (non-hydrogen) atoms. The molecule has 3 rings (SSSR count). The number of benzene rings is 2. The Bertz CT molecular complexity index is 1410. The van der Waals surface area contributed by atoms with E-state index in [0.29, 0.717) is 31.4 Å². The van der Waals surface area contributed by atoms with E-state index in [9.17, 15) is 29.4 Å². The minimum atomic E-state index is -1.20. The van der Waals surface area contributed by atoms with Gasteiger partial charge in [0.25, 0.3) is 0 Å². The Kier molecular flexibility index (Phi) is 12.7. The second kappa shape index (κ2) is 16.4. The molecule has 0 bridgehead atoms. The summed E-state index contributed by atoms with van der Waals surface area (Å²) in [6, 6.07) is 9.38. The van der Waals surface area contributed by atoms with Crippen LogP contribution in [0.2, 0.25) is 0 Å². The highest BCUT2D eigenvalue weighted by molar-refractivity contribution is 5.95. The van der Waals surface area contributed by atoms with Crippen LogP contribution in [0.15, 0.2) is 54.7 Å². The third-order valence-electron chi connectivity index (χ3n) is 7.36. The molecular weight excluding hydrogens is 564 g/mol. The molecule has 0 fully saturated rings. The van der Waals surface area contributed by atoms with E-state index in [1.165, 1.54) is 12.1 Å². The molecular formula is C32H44N6O6. The molecule has 4 unspecified atom stereocenters. The zero-order valence-corrected chi connectivity index (χ0v) is 25.2. The largest absolute Gasteiger partial charge is 0.508 e. The Morgan fingerprint density at radius 3 is 2.09 bits per heavy atom. The summed E-state index contributed by atoms with van der Waals surface area (Å²) >= 11 is 0. The van der Waals surface area contributed by atoms with Crippen molar-refractivity contribution in [2.75, 3.05) is 6.54 Å². The van der Waals surface area contributed by atoms with Gasteiger partial charge in [-0.2, -0.15) is 0 Å². The second-order valence-electron chi connectivity index (χ2n) is 11.5. The fourth-order valence-corrected chi connectivity index (χ4v) is 5.00. The number of hydrogen-bond donors (Lipinski definition) is 8. The van der Waals surface area contributed by atoms with Crippen molar-refractivity contribution in [3.63, 3.8) is 0 Å². The summed E-state index contributed by atoms with van der Waals surface area (Å²) in [4.78, 5) is 55.5. The molecule has 12 heteroatoms. The first kappa shape index (κ1) is 34.1. The zero-order valence-electron chi connectivity index (χ0n) is 25.2. The first-order chi connectivity index (χ1) is 21.0. The number of phenols is 1. The normalized spacial score (nSPS) is 14.0. The van der Waals surface area contributed by atoms with Gasteiger partial charge in [0.2, 0.25) is 17.7 Å². The second-order valence-corrected chi connectivity index (χ2v) is 11.5. The van der Waals surface area contributed by atoms with Crippen LogP contribution >= 0.6 is 0 Å². The maximum Gasteiger partial charge on any atom is 0.326 e. The molecule has 0 aliphatic carbocycles. The minimum absolute atomic E-state index is 0.00755. The lowest BCUT2D eigenvalue weighted by Crippen LogP contribution is -2.58. The molecule has 0 radical (unpaired) electrons. The van der Waals surface area contributed by atoms with Crippen LogP contribution in [0.4, 0.5) is 0 Å². The fraction of sp³-hybridized carbons (Fsp3) is 0.438. The molecule has 4 atom stereocenters. The molecule has 10 N–H and O–H groups in total. The first-order valence-corrected chi connectivity index (χ1v) is 14.9. The number of para-hydroxylation sites is 1. The number of fused-ring (bicyclic) bond motifs is 1. The molecule has 0 aliphatic heterocycles. The summed E-state index contributed by atoms with van der Waals surface area (Å²) in [5.41, 5.74) is 13.9. The number of aromatic amines is 1. The van der Waals surface area contributed by atoms with Gasteiger partial charge >= 0.3 is 5.97 Å². The SMILES string of the molecule is CC(C)CC(N)C(=O)NC(Cc1c[nH]c2ccccc12)C(=O)NC(Cc1ccc(O)cc1)C(=O)NC(CCCCN)C(=O)O. The van der Waals surface area contributed by atoms with Gasteiger partial charge in [0.1, 0.15) is 23.9 Å². The lowest BCUT2D eigenvalue weighted by molar-refractivity contribution is -0.142. The van der Waals surface area contributed by atoms with Crippen molar-refractivity contribution in [2.45, 2.75) is 76.5 Å². The van der Waals surface area contributed by atoms with Gasteiger partial charge in [-0.1, -0.05) is 44.2 Å². The van der Waals surface area contributed by atoms with E-state index in [4.69, 9.17) is 11.5 Å². The van der Waals surface area contributed by atoms with Crippen molar-refractivity contribution in [1.82, 2.24) is 20.9 Å². The van der Waals surface area contributed by atoms with Crippen molar-refractivity contribution in [1.29, 1.82) is 0 Å². The van der Waals surface area contributed by atoms with Crippen molar-refractivity contribution in [3.05, 3.63) is 65.9 Å². The molecule has 0 aliphatic rings. The lowest BCUT2D eigenvalue weighted by atomic mass is 10.00. The smallest absolute Gasteiger partial charge is 0.326 e. The highest BCUT2D eigenvalue weighted by atomic mass is 16.4. The van der Waals surface area contributed by atoms with E-state index >= 15 is 0 Å². The first-order valence-electron chi connectivity index (χ1n) is 14.9. The van der Waals surface area contributed by atoms with Crippen LogP contribution in [-0.2, 0) is 32.0 Å². The van der Waals surface area contributed by atoms with Gasteiger partial charge in [0.05, 0.1) is 6.04 Å². The van der Waals surface area contributed by atoms with Crippen LogP contribution in [0.3, 0.4) is 0 Å². The number of carbonyl (C=O) groups excluding carboxylic acids is 3. The summed E-state index contributed by atoms with van der Waals surface area (Å²) in [6.07, 6.45) is 3.57. The number of phenolic OH excluding ortho intramolecular Hbond substituents is 1. The zero-order chi connectivity index (χ0) is 32.2. The molecule has 3 aromatic rings. The third kappa shape index (κ3) is 10.1. The Morgan fingerprint density at radius 2 is 1.45 bits per heavy atom. The monoisotopic (exact) mass is 608 g/mol. The Balaban J connectivity index is 1.88. The number of rotatable bonds is 17. The molecule has 0 saturated carbocycles. The summed E-state index contributed by atoms with van der Waals surface area (Å²) < 4.78 is 0. The average molecular weight is 609 g/mol. The maximum absolute atomic E-state index is 13.8. The van der Waals surface area contributed by atoms with E-state index < -0.39 is 47.9 Å². The number of aromatic nitrogens is 1. The van der Waals surface area contributed by atoms with Crippen molar-refractivity contribution >= 4 is 34.6 Å². The molecule has 12 nitrogen and oxygen atoms in total. The van der Waals surface area contributed by atoms with Crippen molar-refractivity contribution in [3.8, 4) is 5.75 Å². The molecule has 0 saturated heterocycles. The highest BCUT2D eigenvalue weighted by Gasteiger charge is 2.31. The molecule has 1 heterocycles. The van der Waals surface area contributed by atoms with Gasteiger partial charge in [-0.3, -0.25) is 14.4 Å². The topological polar surface area (TPSA) is 213 Å². The van der Waals surface area contributed by atoms with E-state index in [1.54, 1.807) is 18.3 Å². The van der Waals surface area contributed by atoms with Gasteiger partial charge in [-0.25, -0.2) is 4.79 Å². The minimum Gasteiger partial charge on any atom is -0.508 e. The molecule has 1 aromatic heterocycles. The highest BCUT2D eigenvalue weighted by Crippen LogP contribution is 2.20. The van der Waals surface area contributed by atoms with Crippen LogP contribution in [0.25, 0.3) is 10.9 Å². The molecule has 0 spiro atoms. The lowest BCUT2D eigenvalue weighted by Gasteiger charge is -2.26. The van der Waals surface area contributed by atoms with E-state index in [2.05, 4.69) is 20.9 Å². The fourth-order valence-electron chi connectivity index (χ4n) is 5.00. The van der Waals surface area contributed by atoms with Crippen LogP contribution in [-0.4, -0.2) is 69.6 Å². The van der Waals surface area contributed by atoms with Crippen LogP contribution in [0.1, 0.15) is 50.7 Å². The predicted molar refractivity (Wildman–Crippen MR) is 168 cm³/mol. The van der Waals surface area contributed by atoms with Gasteiger partial charge in [-0.15, -0.1) is 0 Å². The molecule has 3 amide bonds. The van der Waals surface area contributed by atoms with Crippen molar-refractivity contribution < 1.29 is 29.4 Å². The van der Waals surface area contributed by atoms with E-state index in [-0.39, 0.29) is 30.9 Å². The number of nitrogens with two attached hydrogens (primary N) is 2. The number of aromatic hydroxyl groups is 1. The van der Waals surface area contributed by atoms with Gasteiger partial charge < -0.3 is 42.6 Å². The Hall–Kier alpha value is -4.42. The third-order valence-corrected chi connectivity index (χ3v) is 7.36. The number of unbranched alkanes of at least 4 members (excludes halogenated alkanes) is 1. The maximum atomic E-state index is 13.8. The van der Waals surface area contributed by atoms with E-state index in [1.807, 2.05) is 38.1 Å². The van der Waals surface area contributed by atoms with Crippen LogP contribution < -0.4 is 27.4 Å². The van der Waals surface area contributed by atoms with Crippen LogP contribution in [0.5, 0.6) is 5.75 Å². The number of amides is 3. The summed E-state index contributed by atoms with van der Waals surface area (Å²) in [6.45, 7) is 4.27. The van der Waals surface area contributed by atoms with E-state index in [0.717, 1.165) is 16.5 Å². The number of carboxylic acid groups (broad SMARTS) is 1. The van der Waals surface area contributed by atoms with Crippen molar-refractivity contribution in [2.24, 2.45) is 17.4 Å². The average Bonchev–Trinajstić information content (AvgIpc) is 3.39. The van der Waals surface area contributed by atoms with Gasteiger partial charge in [0, 0.05) is 29.9 Å². The predicted octanol–water partition coefficient (Wildman–Crippen LogP) is 1.70. The number of nitrogens with one attached hydrogen (secondary N) is 4. The Labute approximate surface area is 257 Å². The summed E-state index contributed by atoms with van der Waals surface area (Å²) in [7, 11) is 0. The van der Waals surface area contributed by atoms with Crippen LogP contribution in [0, 0.1) is 5.92 Å². The molecule has 2 aromatic carbocycles. The summed E-state index contributed by atoms with van der Waals surface area (Å²) in [5, 5.41) is 28.4. The number of carboxylic acids is 1. The number of aliphatic carboxylic acids is 1. The summed E-state index contributed by atoms with van der Waals surface area (Å²) in [5.74, 6) is -2.83. The number of H-pyrrole nitrogens is 1. The van der Waals surface area contributed by atoms with Gasteiger partial charge in [0.15, 0.2) is 0 Å². The standard InChI is InChI=1S/C32H44N6O6/c1-19(2)15-24(34)29(40)37-28(17-21-18-35-25-8-4-3-7-23(21)25)31(42)38-27(16-20-10-12-22(39)13-11-20)30(41)36-26(32(43)44)9-5-6-14-33/h3-4,7-8,10-13,18-19,24,26-28,35,39H,5-6,9,14-17,33-34H2,1-2H3,(H,36,41)(H,37,40)(H,38,42)(H,43,44). The Morgan fingerprint density at radius 1 is 0.841 bits per heavy atom. The number of hydrogen-bond acceptors (Lipinski definition) is 7. The van der Waals surface area contributed by atoms with Gasteiger partial charge in [-0.05, 0) is 67.5 Å².